The number of esters is 1. The molecule has 6 nitrogen and oxygen atoms in total. The van der Waals surface area contributed by atoms with Crippen molar-refractivity contribution in [2.75, 3.05) is 26.0 Å². The number of thiophene rings is 1. The summed E-state index contributed by atoms with van der Waals surface area (Å²) in [5, 5.41) is 4.73. The molecule has 2 aliphatic rings. The first kappa shape index (κ1) is 28.2. The van der Waals surface area contributed by atoms with Gasteiger partial charge in [-0.3, -0.25) is 4.90 Å². The maximum atomic E-state index is 15.1. The number of rotatable bonds is 7. The first-order chi connectivity index (χ1) is 17.9. The summed E-state index contributed by atoms with van der Waals surface area (Å²) in [6.45, 7) is 2.03. The van der Waals surface area contributed by atoms with Gasteiger partial charge in [0, 0.05) is 34.9 Å². The second-order valence-electron chi connectivity index (χ2n) is 9.15. The average Bonchev–Trinajstić information content (AvgIpc) is 3.31. The van der Waals surface area contributed by atoms with E-state index in [-0.39, 0.29) is 37.4 Å². The van der Waals surface area contributed by atoms with Gasteiger partial charge in [0.1, 0.15) is 6.61 Å². The average molecular weight is 577 g/mol. The van der Waals surface area contributed by atoms with Crippen LogP contribution in [0.25, 0.3) is 0 Å². The monoisotopic (exact) mass is 576 g/mol. The van der Waals surface area contributed by atoms with Crippen molar-refractivity contribution in [3.05, 3.63) is 78.9 Å². The lowest BCUT2D eigenvalue weighted by atomic mass is 9.84. The number of carbonyl (C=O) groups excluding carboxylic acids is 1. The molecule has 4 rings (SSSR count). The van der Waals surface area contributed by atoms with E-state index in [2.05, 4.69) is 5.32 Å². The van der Waals surface area contributed by atoms with Crippen LogP contribution in [0.4, 0.5) is 22.0 Å². The van der Waals surface area contributed by atoms with Crippen molar-refractivity contribution in [2.45, 2.75) is 38.6 Å². The van der Waals surface area contributed by atoms with Gasteiger partial charge in [0.05, 0.1) is 22.1 Å². The van der Waals surface area contributed by atoms with E-state index in [1.54, 1.807) is 18.4 Å². The number of carbonyl (C=O) groups is 1. The number of ether oxygens (including phenoxy) is 1. The second-order valence-corrected chi connectivity index (χ2v) is 12.3. The van der Waals surface area contributed by atoms with Crippen LogP contribution >= 0.6 is 11.3 Å². The number of sulfone groups is 1. The van der Waals surface area contributed by atoms with Gasteiger partial charge < -0.3 is 10.1 Å². The number of allylic oxidation sites excluding steroid dienone is 3. The molecule has 0 fully saturated rings. The third-order valence-electron chi connectivity index (χ3n) is 6.48. The largest absolute Gasteiger partial charge is 0.461 e. The van der Waals surface area contributed by atoms with Crippen LogP contribution in [0.2, 0.25) is 0 Å². The molecule has 38 heavy (non-hydrogen) atoms. The molecule has 1 unspecified atom stereocenters. The zero-order valence-electron chi connectivity index (χ0n) is 20.5. The topological polar surface area (TPSA) is 75.7 Å². The first-order valence-electron chi connectivity index (χ1n) is 11.8. The zero-order valence-corrected chi connectivity index (χ0v) is 22.2. The summed E-state index contributed by atoms with van der Waals surface area (Å²) < 4.78 is 104. The molecule has 0 bridgehead atoms. The normalized spacial score (nSPS) is 19.3. The minimum atomic E-state index is -4.24. The van der Waals surface area contributed by atoms with E-state index in [1.807, 2.05) is 22.4 Å². The van der Waals surface area contributed by atoms with E-state index in [0.717, 1.165) is 4.88 Å². The molecule has 0 saturated carbocycles. The highest BCUT2D eigenvalue weighted by Gasteiger charge is 2.45. The first-order valence-corrected chi connectivity index (χ1v) is 14.3. The molecule has 0 saturated heterocycles. The Bertz CT molecular complexity index is 1390. The maximum absolute atomic E-state index is 15.1. The Morgan fingerprint density at radius 3 is 2.39 bits per heavy atom. The van der Waals surface area contributed by atoms with E-state index in [0.29, 0.717) is 13.0 Å². The number of halogens is 5. The molecule has 13 heteroatoms. The fourth-order valence-corrected chi connectivity index (χ4v) is 7.39. The van der Waals surface area contributed by atoms with Crippen LogP contribution in [0.3, 0.4) is 0 Å². The SMILES string of the molecule is CC1=C(C(=O)OCCN(C)Cc2cccs2)C(c2c(F)c(F)c(F)c(F)c2F)C2=C(CCCCS2(=O)=O)N1. The molecule has 3 heterocycles. The van der Waals surface area contributed by atoms with E-state index >= 15 is 8.78 Å². The fraction of sp³-hybridized carbons (Fsp3) is 0.400. The van der Waals surface area contributed by atoms with Crippen LogP contribution in [0.15, 0.2) is 39.4 Å². The van der Waals surface area contributed by atoms with Crippen LogP contribution in [0, 0.1) is 29.1 Å². The summed E-state index contributed by atoms with van der Waals surface area (Å²) >= 11 is 1.54. The number of nitrogens with zero attached hydrogens (tertiary/aromatic N) is 1. The van der Waals surface area contributed by atoms with Gasteiger partial charge in [0.15, 0.2) is 33.1 Å². The number of likely N-dealkylation sites (N-methyl/N-ethyl adjacent to an activating group) is 1. The van der Waals surface area contributed by atoms with Gasteiger partial charge in [-0.1, -0.05) is 6.07 Å². The van der Waals surface area contributed by atoms with E-state index in [1.165, 1.54) is 6.92 Å². The van der Waals surface area contributed by atoms with Gasteiger partial charge in [0.2, 0.25) is 5.82 Å². The quantitative estimate of drug-likeness (QED) is 0.219. The lowest BCUT2D eigenvalue weighted by Gasteiger charge is -2.32. The predicted molar refractivity (Wildman–Crippen MR) is 131 cm³/mol. The Hall–Kier alpha value is -2.77. The minimum Gasteiger partial charge on any atom is -0.461 e. The van der Waals surface area contributed by atoms with E-state index in [4.69, 9.17) is 4.74 Å². The van der Waals surface area contributed by atoms with Crippen LogP contribution in [0.5, 0.6) is 0 Å². The van der Waals surface area contributed by atoms with E-state index in [9.17, 15) is 26.4 Å². The molecule has 1 aromatic heterocycles. The van der Waals surface area contributed by atoms with Crippen LogP contribution < -0.4 is 5.32 Å². The Morgan fingerprint density at radius 1 is 1.11 bits per heavy atom. The molecule has 0 aliphatic carbocycles. The van der Waals surface area contributed by atoms with Crippen molar-refractivity contribution in [3.63, 3.8) is 0 Å². The number of nitrogens with one attached hydrogen (secondary N) is 1. The third-order valence-corrected chi connectivity index (χ3v) is 9.32. The number of hydrogen-bond acceptors (Lipinski definition) is 7. The Labute approximate surface area is 220 Å². The minimum absolute atomic E-state index is 0.00623. The Kier molecular flexibility index (Phi) is 8.29. The molecular formula is C25H25F5N2O4S2. The Morgan fingerprint density at radius 2 is 1.76 bits per heavy atom. The molecule has 206 valence electrons. The fourth-order valence-electron chi connectivity index (χ4n) is 4.68. The number of dihydropyridines is 1. The predicted octanol–water partition coefficient (Wildman–Crippen LogP) is 4.89. The molecule has 1 atom stereocenters. The summed E-state index contributed by atoms with van der Waals surface area (Å²) in [5.74, 6) is -14.9. The van der Waals surface area contributed by atoms with Crippen LogP contribution in [0.1, 0.15) is 42.5 Å². The zero-order chi connectivity index (χ0) is 27.8. The highest BCUT2D eigenvalue weighted by atomic mass is 32.2. The van der Waals surface area contributed by atoms with Crippen molar-refractivity contribution in [3.8, 4) is 0 Å². The van der Waals surface area contributed by atoms with Gasteiger partial charge in [-0.05, 0) is 44.7 Å². The summed E-state index contributed by atoms with van der Waals surface area (Å²) in [6, 6.07) is 3.82. The van der Waals surface area contributed by atoms with Crippen LogP contribution in [-0.4, -0.2) is 45.2 Å². The molecule has 2 aliphatic heterocycles. The molecular weight excluding hydrogens is 551 g/mol. The molecule has 0 radical (unpaired) electrons. The molecule has 1 N–H and O–H groups in total. The standard InChI is InChI=1S/C25H25F5N2O4S2/c1-13-16(25(33)36-9-8-32(2)12-14-6-5-10-37-14)17(18-19(26)21(28)23(30)22(29)20(18)27)24-15(31-13)7-3-4-11-38(24,34)35/h5-6,10,17,31H,3-4,7-9,11-12H2,1-2H3. The van der Waals surface area contributed by atoms with Crippen molar-refractivity contribution >= 4 is 27.1 Å². The smallest absolute Gasteiger partial charge is 0.336 e. The van der Waals surface area contributed by atoms with E-state index < -0.39 is 72.6 Å². The molecule has 1 aromatic carbocycles. The molecule has 2 aromatic rings. The highest BCUT2D eigenvalue weighted by Crippen LogP contribution is 2.46. The number of benzene rings is 1. The van der Waals surface area contributed by atoms with Crippen molar-refractivity contribution < 1.29 is 39.9 Å². The molecule has 0 spiro atoms. The van der Waals surface area contributed by atoms with Crippen LogP contribution in [-0.2, 0) is 25.9 Å². The van der Waals surface area contributed by atoms with Crippen molar-refractivity contribution in [1.29, 1.82) is 0 Å². The maximum Gasteiger partial charge on any atom is 0.336 e. The van der Waals surface area contributed by atoms with Gasteiger partial charge in [0.25, 0.3) is 0 Å². The summed E-state index contributed by atoms with van der Waals surface area (Å²) in [7, 11) is -2.46. The summed E-state index contributed by atoms with van der Waals surface area (Å²) in [5.41, 5.74) is -1.87. The van der Waals surface area contributed by atoms with Crippen molar-refractivity contribution in [1.82, 2.24) is 10.2 Å². The summed E-state index contributed by atoms with van der Waals surface area (Å²) in [6.07, 6.45) is 0.766. The van der Waals surface area contributed by atoms with Gasteiger partial charge in [-0.15, -0.1) is 11.3 Å². The highest BCUT2D eigenvalue weighted by molar-refractivity contribution is 7.95. The second kappa shape index (κ2) is 11.1. The summed E-state index contributed by atoms with van der Waals surface area (Å²) in [4.78, 5) is 15.6. The Balaban J connectivity index is 1.74. The van der Waals surface area contributed by atoms with Gasteiger partial charge >= 0.3 is 5.97 Å². The van der Waals surface area contributed by atoms with Gasteiger partial charge in [-0.25, -0.2) is 35.2 Å². The van der Waals surface area contributed by atoms with Gasteiger partial charge in [-0.2, -0.15) is 0 Å². The molecule has 0 amide bonds. The number of hydrogen-bond donors (Lipinski definition) is 1. The van der Waals surface area contributed by atoms with Crippen molar-refractivity contribution in [2.24, 2.45) is 0 Å². The lowest BCUT2D eigenvalue weighted by Crippen LogP contribution is -2.34. The lowest BCUT2D eigenvalue weighted by molar-refractivity contribution is -0.139. The third kappa shape index (κ3) is 5.36.